The van der Waals surface area contributed by atoms with E-state index in [2.05, 4.69) is 54.6 Å². The summed E-state index contributed by atoms with van der Waals surface area (Å²) in [5, 5.41) is 3.44. The molecule has 0 bridgehead atoms. The molecule has 0 saturated carbocycles. The Kier molecular flexibility index (Phi) is 8.27. The van der Waals surface area contributed by atoms with E-state index in [1.54, 1.807) is 0 Å². The predicted octanol–water partition coefficient (Wildman–Crippen LogP) is 1.54. The summed E-state index contributed by atoms with van der Waals surface area (Å²) in [5.74, 6) is 0.547. The fraction of sp³-hybridized carbons (Fsp3) is 0.107. The summed E-state index contributed by atoms with van der Waals surface area (Å²) in [6.07, 6.45) is 0.273. The van der Waals surface area contributed by atoms with E-state index in [9.17, 15) is 4.79 Å². The Balaban J connectivity index is 0.00000306. The van der Waals surface area contributed by atoms with Gasteiger partial charge in [0.05, 0.1) is 6.61 Å². The van der Waals surface area contributed by atoms with E-state index < -0.39 is 7.26 Å². The van der Waals surface area contributed by atoms with Crippen LogP contribution in [-0.4, -0.2) is 18.7 Å². The minimum Gasteiger partial charge on any atom is -1.00 e. The number of amides is 1. The molecule has 168 valence electrons. The molecule has 0 unspecified atom stereocenters. The Hall–Kier alpha value is -3.13. The molecule has 5 heteroatoms. The topological polar surface area (TPSA) is 52.3 Å². The third-order valence-electron chi connectivity index (χ3n) is 5.58. The Labute approximate surface area is 202 Å². The van der Waals surface area contributed by atoms with Crippen LogP contribution in [-0.2, 0) is 4.79 Å². The minimum absolute atomic E-state index is 0. The van der Waals surface area contributed by atoms with Gasteiger partial charge in [-0.2, -0.15) is 0 Å². The van der Waals surface area contributed by atoms with Crippen LogP contribution in [0.15, 0.2) is 109 Å². The highest BCUT2D eigenvalue weighted by Gasteiger charge is 2.48. The van der Waals surface area contributed by atoms with Gasteiger partial charge in [-0.3, -0.25) is 4.79 Å². The van der Waals surface area contributed by atoms with Gasteiger partial charge in [-0.25, -0.2) is 0 Å². The van der Waals surface area contributed by atoms with Gasteiger partial charge in [-0.15, -0.1) is 0 Å². The van der Waals surface area contributed by atoms with Crippen LogP contribution in [0.1, 0.15) is 6.92 Å². The zero-order chi connectivity index (χ0) is 22.4. The molecule has 0 spiro atoms. The summed E-state index contributed by atoms with van der Waals surface area (Å²) < 4.78 is 5.63. The maximum absolute atomic E-state index is 12.5. The molecule has 4 aromatic rings. The van der Waals surface area contributed by atoms with Crippen LogP contribution in [0.5, 0.6) is 5.75 Å². The van der Waals surface area contributed by atoms with Crippen LogP contribution in [0.2, 0.25) is 0 Å². The highest BCUT2D eigenvalue weighted by molar-refractivity contribution is 7.96. The molecule has 0 aliphatic carbocycles. The lowest BCUT2D eigenvalue weighted by Crippen LogP contribution is -3.00. The maximum atomic E-state index is 12.5. The Morgan fingerprint density at radius 3 is 1.79 bits per heavy atom. The van der Waals surface area contributed by atoms with E-state index in [1.165, 1.54) is 0 Å². The number of nitrogens with two attached hydrogens (primary N) is 1. The molecule has 0 fully saturated rings. The second-order valence-electron chi connectivity index (χ2n) is 7.58. The fourth-order valence-electron chi connectivity index (χ4n) is 4.24. The monoisotopic (exact) mass is 475 g/mol. The summed E-state index contributed by atoms with van der Waals surface area (Å²) in [4.78, 5) is 12.5. The van der Waals surface area contributed by atoms with Crippen molar-refractivity contribution in [1.29, 1.82) is 0 Å². The molecule has 4 aromatic carbocycles. The van der Waals surface area contributed by atoms with E-state index in [0.717, 1.165) is 32.8 Å². The summed E-state index contributed by atoms with van der Waals surface area (Å²) in [6, 6.07) is 37.2. The van der Waals surface area contributed by atoms with Gasteiger partial charge in [0.2, 0.25) is 0 Å². The van der Waals surface area contributed by atoms with E-state index >= 15 is 0 Å². The standard InChI is InChI=1S/C28H26NO2P.ClH/c1-2-31-23-19-17-22(18-20-23)26-15-9-10-16-27(26)32(21-28(29)30,24-11-5-3-6-12-24)25-13-7-4-8-14-25;/h3-20H,2,21H2,1H3,(H-,29,30);1H. The van der Waals surface area contributed by atoms with Crippen LogP contribution >= 0.6 is 7.26 Å². The maximum Gasteiger partial charge on any atom is 0.256 e. The summed E-state index contributed by atoms with van der Waals surface area (Å²) >= 11 is 0. The van der Waals surface area contributed by atoms with Gasteiger partial charge in [0.15, 0.2) is 6.16 Å². The smallest absolute Gasteiger partial charge is 0.256 e. The molecule has 0 aliphatic heterocycles. The summed E-state index contributed by atoms with van der Waals surface area (Å²) in [7, 11) is -2.34. The largest absolute Gasteiger partial charge is 1.00 e. The lowest BCUT2D eigenvalue weighted by molar-refractivity contribution is -0.115. The van der Waals surface area contributed by atoms with Gasteiger partial charge in [-0.1, -0.05) is 66.7 Å². The van der Waals surface area contributed by atoms with Crippen molar-refractivity contribution in [2.75, 3.05) is 12.8 Å². The molecule has 33 heavy (non-hydrogen) atoms. The van der Waals surface area contributed by atoms with E-state index in [1.807, 2.05) is 61.5 Å². The highest BCUT2D eigenvalue weighted by atomic mass is 35.5. The molecule has 3 nitrogen and oxygen atoms in total. The summed E-state index contributed by atoms with van der Waals surface area (Å²) in [6.45, 7) is 2.61. The molecule has 0 saturated heterocycles. The predicted molar refractivity (Wildman–Crippen MR) is 136 cm³/mol. The fourth-order valence-corrected chi connectivity index (χ4v) is 8.42. The van der Waals surface area contributed by atoms with Crippen molar-refractivity contribution in [3.63, 3.8) is 0 Å². The third-order valence-corrected chi connectivity index (χ3v) is 9.94. The van der Waals surface area contributed by atoms with Crippen LogP contribution in [0.25, 0.3) is 11.1 Å². The molecule has 0 aliphatic rings. The zero-order valence-electron chi connectivity index (χ0n) is 18.5. The van der Waals surface area contributed by atoms with Gasteiger partial charge in [0.25, 0.3) is 5.91 Å². The molecule has 4 rings (SSSR count). The Bertz CT molecular complexity index is 1140. The molecule has 1 amide bonds. The van der Waals surface area contributed by atoms with Crippen molar-refractivity contribution >= 4 is 29.1 Å². The second-order valence-corrected chi connectivity index (χ2v) is 11.0. The first kappa shape index (κ1) is 24.5. The van der Waals surface area contributed by atoms with Gasteiger partial charge in [0.1, 0.15) is 28.9 Å². The van der Waals surface area contributed by atoms with Crippen molar-refractivity contribution in [2.24, 2.45) is 5.73 Å². The number of carbonyl (C=O) groups is 1. The molecular weight excluding hydrogens is 449 g/mol. The molecule has 0 atom stereocenters. The van der Waals surface area contributed by atoms with Crippen LogP contribution in [0, 0.1) is 0 Å². The van der Waals surface area contributed by atoms with Gasteiger partial charge in [-0.05, 0) is 55.0 Å². The second kappa shape index (κ2) is 11.1. The SMILES string of the molecule is CCOc1ccc(-c2ccccc2[P+](CC(N)=O)(c2ccccc2)c2ccccc2)cc1.[Cl-]. The quantitative estimate of drug-likeness (QED) is 0.393. The van der Waals surface area contributed by atoms with Crippen LogP contribution in [0.4, 0.5) is 0 Å². The van der Waals surface area contributed by atoms with E-state index in [0.29, 0.717) is 6.61 Å². The average molecular weight is 476 g/mol. The first-order valence-corrected chi connectivity index (χ1v) is 12.7. The number of hydrogen-bond acceptors (Lipinski definition) is 2. The number of primary amides is 1. The first-order valence-electron chi connectivity index (χ1n) is 10.8. The number of carbonyl (C=O) groups excluding carboxylic acids is 1. The lowest BCUT2D eigenvalue weighted by atomic mass is 10.1. The van der Waals surface area contributed by atoms with Crippen molar-refractivity contribution in [3.8, 4) is 16.9 Å². The van der Waals surface area contributed by atoms with Crippen LogP contribution < -0.4 is 38.8 Å². The number of halogens is 1. The van der Waals surface area contributed by atoms with Crippen LogP contribution in [0.3, 0.4) is 0 Å². The van der Waals surface area contributed by atoms with Crippen molar-refractivity contribution in [1.82, 2.24) is 0 Å². The normalized spacial score (nSPS) is 10.8. The minimum atomic E-state index is -2.34. The van der Waals surface area contributed by atoms with Crippen molar-refractivity contribution < 1.29 is 21.9 Å². The van der Waals surface area contributed by atoms with Gasteiger partial charge in [0, 0.05) is 5.56 Å². The van der Waals surface area contributed by atoms with E-state index in [-0.39, 0.29) is 24.5 Å². The number of ether oxygens (including phenoxy) is 1. The number of hydrogen-bond donors (Lipinski definition) is 1. The molecule has 0 heterocycles. The first-order chi connectivity index (χ1) is 15.6. The zero-order valence-corrected chi connectivity index (χ0v) is 20.2. The average Bonchev–Trinajstić information content (AvgIpc) is 2.84. The molecule has 0 radical (unpaired) electrons. The van der Waals surface area contributed by atoms with Gasteiger partial charge >= 0.3 is 0 Å². The highest BCUT2D eigenvalue weighted by Crippen LogP contribution is 2.56. The summed E-state index contributed by atoms with van der Waals surface area (Å²) in [5.41, 5.74) is 8.10. The Morgan fingerprint density at radius 2 is 1.27 bits per heavy atom. The molecular formula is C28H27ClNO2P. The van der Waals surface area contributed by atoms with Gasteiger partial charge < -0.3 is 22.9 Å². The van der Waals surface area contributed by atoms with Crippen molar-refractivity contribution in [2.45, 2.75) is 6.92 Å². The Morgan fingerprint density at radius 1 is 0.758 bits per heavy atom. The van der Waals surface area contributed by atoms with Crippen molar-refractivity contribution in [3.05, 3.63) is 109 Å². The molecule has 2 N–H and O–H groups in total. The third kappa shape index (κ3) is 5.11. The lowest BCUT2D eigenvalue weighted by Gasteiger charge is -2.28. The van der Waals surface area contributed by atoms with E-state index in [4.69, 9.17) is 10.5 Å². The number of rotatable bonds is 8. The number of benzene rings is 4. The molecule has 0 aromatic heterocycles.